The van der Waals surface area contributed by atoms with Crippen LogP contribution >= 0.6 is 0 Å². The first-order valence-electron chi connectivity index (χ1n) is 9.08. The first-order valence-corrected chi connectivity index (χ1v) is 10.8. The minimum atomic E-state index is -3.39. The molecule has 1 atom stereocenters. The van der Waals surface area contributed by atoms with Gasteiger partial charge in [0.15, 0.2) is 9.84 Å². The van der Waals surface area contributed by atoms with E-state index >= 15 is 0 Å². The van der Waals surface area contributed by atoms with Gasteiger partial charge in [-0.25, -0.2) is 8.42 Å². The smallest absolute Gasteiger partial charge is 0.262 e. The molecule has 0 N–H and O–H groups in total. The number of sulfone groups is 1. The van der Waals surface area contributed by atoms with Crippen LogP contribution in [-0.4, -0.2) is 46.9 Å². The normalized spacial score (nSPS) is 17.0. The Morgan fingerprint density at radius 2 is 1.86 bits per heavy atom. The number of benzene rings is 2. The van der Waals surface area contributed by atoms with E-state index < -0.39 is 15.9 Å². The highest BCUT2D eigenvalue weighted by Crippen LogP contribution is 2.36. The molecule has 1 aliphatic rings. The SMILES string of the molecule is CCOc1ccccc1C(=O)N(c1ccc(OC)cc1OC)[C@H]1C=CS(=O)(=O)C1. The van der Waals surface area contributed by atoms with E-state index in [-0.39, 0.29) is 11.7 Å². The van der Waals surface area contributed by atoms with Crippen LogP contribution in [0.4, 0.5) is 5.69 Å². The van der Waals surface area contributed by atoms with E-state index in [2.05, 4.69) is 0 Å². The Kier molecular flexibility index (Phi) is 6.12. The van der Waals surface area contributed by atoms with E-state index in [0.29, 0.717) is 35.1 Å². The predicted molar refractivity (Wildman–Crippen MR) is 111 cm³/mol. The van der Waals surface area contributed by atoms with Gasteiger partial charge in [0.1, 0.15) is 17.2 Å². The van der Waals surface area contributed by atoms with Crippen LogP contribution in [0.2, 0.25) is 0 Å². The third-order valence-corrected chi connectivity index (χ3v) is 5.90. The minimum absolute atomic E-state index is 0.204. The van der Waals surface area contributed by atoms with E-state index in [1.165, 1.54) is 25.2 Å². The van der Waals surface area contributed by atoms with Crippen molar-refractivity contribution in [2.24, 2.45) is 0 Å². The topological polar surface area (TPSA) is 82.1 Å². The van der Waals surface area contributed by atoms with Crippen LogP contribution in [0, 0.1) is 0 Å². The van der Waals surface area contributed by atoms with Gasteiger partial charge in [0.25, 0.3) is 5.91 Å². The van der Waals surface area contributed by atoms with Crippen LogP contribution in [0.15, 0.2) is 53.9 Å². The summed E-state index contributed by atoms with van der Waals surface area (Å²) in [7, 11) is -0.376. The number of para-hydroxylation sites is 1. The van der Waals surface area contributed by atoms with Crippen molar-refractivity contribution in [3.63, 3.8) is 0 Å². The molecular formula is C21H23NO6S. The Morgan fingerprint density at radius 3 is 2.48 bits per heavy atom. The molecule has 2 aromatic rings. The average Bonchev–Trinajstić information content (AvgIpc) is 3.08. The van der Waals surface area contributed by atoms with Gasteiger partial charge in [-0.05, 0) is 37.3 Å². The predicted octanol–water partition coefficient (Wildman–Crippen LogP) is 3.06. The lowest BCUT2D eigenvalue weighted by molar-refractivity contribution is 0.0978. The van der Waals surface area contributed by atoms with Gasteiger partial charge >= 0.3 is 0 Å². The number of hydrogen-bond acceptors (Lipinski definition) is 6. The second-order valence-corrected chi connectivity index (χ2v) is 8.30. The monoisotopic (exact) mass is 417 g/mol. The van der Waals surface area contributed by atoms with Gasteiger partial charge < -0.3 is 14.2 Å². The maximum atomic E-state index is 13.6. The molecule has 0 saturated heterocycles. The molecule has 0 spiro atoms. The Labute approximate surface area is 170 Å². The van der Waals surface area contributed by atoms with E-state index in [9.17, 15) is 13.2 Å². The number of rotatable bonds is 7. The molecule has 3 rings (SSSR count). The van der Waals surface area contributed by atoms with Crippen LogP contribution in [0.1, 0.15) is 17.3 Å². The molecule has 7 nitrogen and oxygen atoms in total. The van der Waals surface area contributed by atoms with E-state index in [4.69, 9.17) is 14.2 Å². The zero-order valence-electron chi connectivity index (χ0n) is 16.5. The number of carbonyl (C=O) groups is 1. The quantitative estimate of drug-likeness (QED) is 0.689. The summed E-state index contributed by atoms with van der Waals surface area (Å²) < 4.78 is 40.4. The number of carbonyl (C=O) groups excluding carboxylic acids is 1. The van der Waals surface area contributed by atoms with Gasteiger partial charge in [0.2, 0.25) is 0 Å². The summed E-state index contributed by atoms with van der Waals surface area (Å²) in [5.41, 5.74) is 0.779. The average molecular weight is 417 g/mol. The van der Waals surface area contributed by atoms with Gasteiger partial charge in [-0.1, -0.05) is 12.1 Å². The number of methoxy groups -OCH3 is 2. The highest BCUT2D eigenvalue weighted by molar-refractivity contribution is 7.94. The van der Waals surface area contributed by atoms with Gasteiger partial charge in [-0.15, -0.1) is 0 Å². The van der Waals surface area contributed by atoms with Crippen molar-refractivity contribution in [2.75, 3.05) is 31.5 Å². The summed E-state index contributed by atoms with van der Waals surface area (Å²) in [4.78, 5) is 15.0. The molecule has 0 saturated carbocycles. The lowest BCUT2D eigenvalue weighted by Gasteiger charge is -2.29. The summed E-state index contributed by atoms with van der Waals surface area (Å²) in [6.45, 7) is 2.23. The van der Waals surface area contributed by atoms with E-state index in [1.54, 1.807) is 42.5 Å². The lowest BCUT2D eigenvalue weighted by Crippen LogP contribution is -2.41. The van der Waals surface area contributed by atoms with Gasteiger partial charge in [0, 0.05) is 11.5 Å². The highest BCUT2D eigenvalue weighted by Gasteiger charge is 2.34. The Morgan fingerprint density at radius 1 is 1.10 bits per heavy atom. The van der Waals surface area contributed by atoms with Gasteiger partial charge in [-0.3, -0.25) is 9.69 Å². The number of ether oxygens (including phenoxy) is 3. The molecule has 1 amide bonds. The first kappa shape index (κ1) is 20.7. The highest BCUT2D eigenvalue weighted by atomic mass is 32.2. The molecule has 154 valence electrons. The summed E-state index contributed by atoms with van der Waals surface area (Å²) in [5, 5.41) is 1.14. The van der Waals surface area contributed by atoms with Crippen molar-refractivity contribution < 1.29 is 27.4 Å². The van der Waals surface area contributed by atoms with Crippen molar-refractivity contribution in [3.8, 4) is 17.2 Å². The molecule has 2 aromatic carbocycles. The molecule has 0 fully saturated rings. The van der Waals surface area contributed by atoms with Gasteiger partial charge in [-0.2, -0.15) is 0 Å². The number of nitrogens with zero attached hydrogens (tertiary/aromatic N) is 1. The zero-order valence-corrected chi connectivity index (χ0v) is 17.3. The number of anilines is 1. The van der Waals surface area contributed by atoms with Crippen molar-refractivity contribution in [1.29, 1.82) is 0 Å². The zero-order chi connectivity index (χ0) is 21.0. The molecule has 8 heteroatoms. The minimum Gasteiger partial charge on any atom is -0.497 e. The Hall–Kier alpha value is -3.00. The van der Waals surface area contributed by atoms with Gasteiger partial charge in [0.05, 0.1) is 43.9 Å². The third-order valence-electron chi connectivity index (χ3n) is 4.53. The fourth-order valence-corrected chi connectivity index (χ4v) is 4.47. The molecule has 1 aliphatic heterocycles. The van der Waals surface area contributed by atoms with Crippen LogP contribution in [0.5, 0.6) is 17.2 Å². The van der Waals surface area contributed by atoms with Crippen molar-refractivity contribution in [3.05, 3.63) is 59.5 Å². The van der Waals surface area contributed by atoms with Crippen molar-refractivity contribution in [2.45, 2.75) is 13.0 Å². The molecule has 0 radical (unpaired) electrons. The first-order chi connectivity index (χ1) is 13.9. The molecule has 0 aliphatic carbocycles. The van der Waals surface area contributed by atoms with E-state index in [1.807, 2.05) is 6.92 Å². The molecule has 29 heavy (non-hydrogen) atoms. The Bertz CT molecular complexity index is 1030. The van der Waals surface area contributed by atoms with Crippen molar-refractivity contribution in [1.82, 2.24) is 0 Å². The Balaban J connectivity index is 2.13. The summed E-state index contributed by atoms with van der Waals surface area (Å²) in [6.07, 6.45) is 1.51. The second kappa shape index (κ2) is 8.57. The van der Waals surface area contributed by atoms with Crippen molar-refractivity contribution >= 4 is 21.4 Å². The molecule has 0 unspecified atom stereocenters. The standard InChI is InChI=1S/C21H23NO6S/c1-4-28-19-8-6-5-7-17(19)21(23)22(15-11-12-29(24,25)14-15)18-10-9-16(26-2)13-20(18)27-3/h5-13,15H,4,14H2,1-3H3/t15-/m0/s1. The van der Waals surface area contributed by atoms with Crippen LogP contribution in [0.3, 0.4) is 0 Å². The maximum Gasteiger partial charge on any atom is 0.262 e. The molecule has 0 aromatic heterocycles. The molecule has 0 bridgehead atoms. The number of hydrogen-bond donors (Lipinski definition) is 0. The molecule has 1 heterocycles. The maximum absolute atomic E-state index is 13.6. The fourth-order valence-electron chi connectivity index (χ4n) is 3.20. The fraction of sp³-hybridized carbons (Fsp3) is 0.286. The van der Waals surface area contributed by atoms with Crippen LogP contribution in [0.25, 0.3) is 0 Å². The second-order valence-electron chi connectivity index (χ2n) is 6.37. The number of amides is 1. The van der Waals surface area contributed by atoms with Crippen LogP contribution < -0.4 is 19.1 Å². The van der Waals surface area contributed by atoms with Crippen LogP contribution in [-0.2, 0) is 9.84 Å². The largest absolute Gasteiger partial charge is 0.497 e. The summed E-state index contributed by atoms with van der Waals surface area (Å²) >= 11 is 0. The third kappa shape index (κ3) is 4.37. The summed E-state index contributed by atoms with van der Waals surface area (Å²) in [5.74, 6) is 0.795. The van der Waals surface area contributed by atoms with E-state index in [0.717, 1.165) is 5.41 Å². The summed E-state index contributed by atoms with van der Waals surface area (Å²) in [6, 6.07) is 11.2. The molecular weight excluding hydrogens is 394 g/mol. The lowest BCUT2D eigenvalue weighted by atomic mass is 10.1.